The second kappa shape index (κ2) is 2.34. The first-order chi connectivity index (χ1) is 6.36. The molecule has 1 aromatic heterocycles. The fraction of sp³-hybridized carbons (Fsp3) is 0.273. The van der Waals surface area contributed by atoms with Crippen molar-refractivity contribution in [3.8, 4) is 0 Å². The molecular formula is C11H8FO. The highest BCUT2D eigenvalue weighted by Gasteiger charge is 2.27. The molecule has 13 heavy (non-hydrogen) atoms. The third kappa shape index (κ3) is 0.981. The van der Waals surface area contributed by atoms with E-state index in [1.54, 1.807) is 12.3 Å². The van der Waals surface area contributed by atoms with Crippen LogP contribution in [-0.4, -0.2) is 0 Å². The Morgan fingerprint density at radius 1 is 1.46 bits per heavy atom. The van der Waals surface area contributed by atoms with Crippen molar-refractivity contribution in [3.63, 3.8) is 0 Å². The molecule has 1 aromatic carbocycles. The summed E-state index contributed by atoms with van der Waals surface area (Å²) in [6.07, 6.45) is 4.06. The summed E-state index contributed by atoms with van der Waals surface area (Å²) in [6, 6.07) is 6.02. The van der Waals surface area contributed by atoms with Crippen molar-refractivity contribution in [2.24, 2.45) is 0 Å². The lowest BCUT2D eigenvalue weighted by atomic mass is 10.1. The lowest BCUT2D eigenvalue weighted by Gasteiger charge is -1.91. The molecule has 0 N–H and O–H groups in total. The van der Waals surface area contributed by atoms with Crippen LogP contribution in [-0.2, 0) is 0 Å². The molecule has 65 valence electrons. The molecule has 1 aliphatic rings. The minimum absolute atomic E-state index is 0.291. The van der Waals surface area contributed by atoms with Crippen LogP contribution in [0.5, 0.6) is 0 Å². The van der Waals surface area contributed by atoms with Crippen molar-refractivity contribution in [1.29, 1.82) is 0 Å². The van der Waals surface area contributed by atoms with E-state index < -0.39 is 0 Å². The van der Waals surface area contributed by atoms with E-state index in [-0.39, 0.29) is 5.82 Å². The van der Waals surface area contributed by atoms with Gasteiger partial charge in [-0.2, -0.15) is 0 Å². The molecule has 1 saturated carbocycles. The van der Waals surface area contributed by atoms with Gasteiger partial charge in [0.1, 0.15) is 0 Å². The molecule has 1 fully saturated rings. The van der Waals surface area contributed by atoms with E-state index >= 15 is 0 Å². The van der Waals surface area contributed by atoms with Crippen LogP contribution in [0, 0.1) is 11.9 Å². The van der Waals surface area contributed by atoms with E-state index in [1.807, 2.05) is 0 Å². The zero-order chi connectivity index (χ0) is 8.84. The van der Waals surface area contributed by atoms with Gasteiger partial charge in [0, 0.05) is 10.9 Å². The molecular weight excluding hydrogens is 167 g/mol. The van der Waals surface area contributed by atoms with Crippen LogP contribution in [0.1, 0.15) is 24.3 Å². The molecule has 0 aliphatic heterocycles. The lowest BCUT2D eigenvalue weighted by Crippen LogP contribution is -1.77. The molecule has 0 amide bonds. The molecule has 0 bridgehead atoms. The molecule has 1 heterocycles. The van der Waals surface area contributed by atoms with Crippen LogP contribution < -0.4 is 0 Å². The van der Waals surface area contributed by atoms with Gasteiger partial charge in [0.25, 0.3) is 0 Å². The quantitative estimate of drug-likeness (QED) is 0.648. The van der Waals surface area contributed by atoms with Crippen molar-refractivity contribution in [2.75, 3.05) is 0 Å². The van der Waals surface area contributed by atoms with E-state index in [0.717, 1.165) is 10.9 Å². The van der Waals surface area contributed by atoms with Crippen molar-refractivity contribution in [1.82, 2.24) is 0 Å². The average Bonchev–Trinajstić information content (AvgIpc) is 2.87. The number of halogens is 1. The Hall–Kier alpha value is -1.31. The van der Waals surface area contributed by atoms with Gasteiger partial charge in [-0.25, -0.2) is 4.39 Å². The Bertz CT molecular complexity index is 454. The van der Waals surface area contributed by atoms with Crippen LogP contribution in [0.4, 0.5) is 4.39 Å². The Morgan fingerprint density at radius 2 is 2.31 bits per heavy atom. The molecule has 1 nitrogen and oxygen atoms in total. The predicted molar refractivity (Wildman–Crippen MR) is 47.0 cm³/mol. The monoisotopic (exact) mass is 175 g/mol. The minimum atomic E-state index is -0.291. The third-order valence-corrected chi connectivity index (χ3v) is 2.51. The van der Waals surface area contributed by atoms with Crippen LogP contribution in [0.25, 0.3) is 11.0 Å². The summed E-state index contributed by atoms with van der Waals surface area (Å²) in [7, 11) is 0. The average molecular weight is 175 g/mol. The molecule has 1 radical (unpaired) electrons. The standard InChI is InChI=1S/C11H8FO/c12-10-3-1-2-8-9(7-4-5-7)6-13-11(8)10/h1,3,6-7H,4-5H2. The zero-order valence-electron chi connectivity index (χ0n) is 7.01. The van der Waals surface area contributed by atoms with Crippen LogP contribution in [0.2, 0.25) is 0 Å². The molecule has 1 aliphatic carbocycles. The van der Waals surface area contributed by atoms with Crippen molar-refractivity contribution >= 4 is 11.0 Å². The first kappa shape index (κ1) is 7.13. The zero-order valence-corrected chi connectivity index (χ0v) is 7.01. The summed E-state index contributed by atoms with van der Waals surface area (Å²) >= 11 is 0. The maximum absolute atomic E-state index is 13.2. The van der Waals surface area contributed by atoms with Gasteiger partial charge in [-0.15, -0.1) is 0 Å². The smallest absolute Gasteiger partial charge is 0.170 e. The number of hydrogen-bond donors (Lipinski definition) is 0. The van der Waals surface area contributed by atoms with Gasteiger partial charge in [-0.1, -0.05) is 6.07 Å². The second-order valence-electron chi connectivity index (χ2n) is 3.50. The van der Waals surface area contributed by atoms with Gasteiger partial charge in [-0.05, 0) is 30.9 Å². The van der Waals surface area contributed by atoms with Crippen molar-refractivity contribution < 1.29 is 8.81 Å². The Balaban J connectivity index is 2.32. The summed E-state index contributed by atoms with van der Waals surface area (Å²) in [5, 5.41) is 0.822. The summed E-state index contributed by atoms with van der Waals surface area (Å²) < 4.78 is 18.3. The molecule has 0 unspecified atom stereocenters. The van der Waals surface area contributed by atoms with E-state index in [9.17, 15) is 4.39 Å². The Labute approximate surface area is 75.2 Å². The van der Waals surface area contributed by atoms with E-state index in [4.69, 9.17) is 4.42 Å². The molecule has 0 saturated heterocycles. The van der Waals surface area contributed by atoms with Crippen LogP contribution in [0.15, 0.2) is 22.8 Å². The topological polar surface area (TPSA) is 13.1 Å². The van der Waals surface area contributed by atoms with E-state index in [1.165, 1.54) is 18.9 Å². The van der Waals surface area contributed by atoms with Gasteiger partial charge >= 0.3 is 0 Å². The third-order valence-electron chi connectivity index (χ3n) is 2.51. The van der Waals surface area contributed by atoms with Crippen molar-refractivity contribution in [2.45, 2.75) is 18.8 Å². The van der Waals surface area contributed by atoms with Crippen LogP contribution in [0.3, 0.4) is 0 Å². The summed E-state index contributed by atoms with van der Waals surface area (Å²) in [5.41, 5.74) is 1.47. The Morgan fingerprint density at radius 3 is 3.08 bits per heavy atom. The first-order valence-corrected chi connectivity index (χ1v) is 4.43. The van der Waals surface area contributed by atoms with Crippen LogP contribution >= 0.6 is 0 Å². The molecule has 2 aromatic rings. The SMILES string of the molecule is Fc1cc[c]c2c(C3CC3)coc12. The molecule has 2 heteroatoms. The van der Waals surface area contributed by atoms with Crippen molar-refractivity contribution in [3.05, 3.63) is 35.8 Å². The summed E-state index contributed by atoms with van der Waals surface area (Å²) in [4.78, 5) is 0. The maximum atomic E-state index is 13.2. The van der Waals surface area contributed by atoms with Gasteiger partial charge < -0.3 is 4.42 Å². The highest BCUT2D eigenvalue weighted by atomic mass is 19.1. The first-order valence-electron chi connectivity index (χ1n) is 4.43. The van der Waals surface area contributed by atoms with E-state index in [0.29, 0.717) is 11.5 Å². The fourth-order valence-electron chi connectivity index (χ4n) is 1.66. The number of benzene rings is 1. The highest BCUT2D eigenvalue weighted by Crippen LogP contribution is 2.43. The predicted octanol–water partition coefficient (Wildman–Crippen LogP) is 3.25. The highest BCUT2D eigenvalue weighted by molar-refractivity contribution is 5.81. The largest absolute Gasteiger partial charge is 0.461 e. The Kier molecular flexibility index (Phi) is 1.29. The lowest BCUT2D eigenvalue weighted by molar-refractivity contribution is 0.558. The number of hydrogen-bond acceptors (Lipinski definition) is 1. The second-order valence-corrected chi connectivity index (χ2v) is 3.50. The number of furan rings is 1. The number of rotatable bonds is 1. The molecule has 3 rings (SSSR count). The van der Waals surface area contributed by atoms with Gasteiger partial charge in [-0.3, -0.25) is 0 Å². The van der Waals surface area contributed by atoms with E-state index in [2.05, 4.69) is 6.07 Å². The number of fused-ring (bicyclic) bond motifs is 1. The van der Waals surface area contributed by atoms with Gasteiger partial charge in [0.05, 0.1) is 6.26 Å². The van der Waals surface area contributed by atoms with Gasteiger partial charge in [0.2, 0.25) is 0 Å². The molecule has 0 spiro atoms. The summed E-state index contributed by atoms with van der Waals surface area (Å²) in [6.45, 7) is 0. The maximum Gasteiger partial charge on any atom is 0.170 e. The molecule has 0 atom stereocenters. The summed E-state index contributed by atoms with van der Waals surface area (Å²) in [5.74, 6) is 0.292. The normalized spacial score (nSPS) is 16.7. The van der Waals surface area contributed by atoms with Gasteiger partial charge in [0.15, 0.2) is 11.4 Å². The fourth-order valence-corrected chi connectivity index (χ4v) is 1.66. The minimum Gasteiger partial charge on any atom is -0.461 e.